The van der Waals surface area contributed by atoms with Crippen LogP contribution >= 0.6 is 0 Å². The molecule has 0 unspecified atom stereocenters. The zero-order valence-corrected chi connectivity index (χ0v) is 12.7. The van der Waals surface area contributed by atoms with Crippen LogP contribution in [0.4, 0.5) is 0 Å². The van der Waals surface area contributed by atoms with Gasteiger partial charge in [0.25, 0.3) is 0 Å². The molecule has 0 spiro atoms. The third-order valence-electron chi connectivity index (χ3n) is 1.13. The minimum atomic E-state index is -1.45. The molecule has 15 heteroatoms. The quantitative estimate of drug-likeness (QED) is 0.222. The van der Waals surface area contributed by atoms with Gasteiger partial charge >= 0.3 is 96.6 Å². The molecule has 4 N–H and O–H groups in total. The summed E-state index contributed by atoms with van der Waals surface area (Å²) in [5, 5.41) is 24.6. The number of nitriles is 1. The van der Waals surface area contributed by atoms with Gasteiger partial charge in [0, 0.05) is 0 Å². The summed E-state index contributed by atoms with van der Waals surface area (Å²) < 4.78 is 22.6. The zero-order chi connectivity index (χ0) is 10.6. The van der Waals surface area contributed by atoms with Gasteiger partial charge in [0.1, 0.15) is 0 Å². The second kappa shape index (κ2) is 10.5. The Kier molecular flexibility index (Phi) is 13.0. The van der Waals surface area contributed by atoms with Gasteiger partial charge in [0.05, 0.1) is 0 Å². The van der Waals surface area contributed by atoms with Gasteiger partial charge in [-0.3, -0.25) is 0 Å². The molecule has 2 heterocycles. The van der Waals surface area contributed by atoms with Crippen molar-refractivity contribution in [3.05, 3.63) is 0 Å². The summed E-state index contributed by atoms with van der Waals surface area (Å²) in [6, 6.07) is 0. The van der Waals surface area contributed by atoms with Crippen LogP contribution in [0.25, 0.3) is 0 Å². The molecule has 0 aromatic rings. The van der Waals surface area contributed by atoms with E-state index in [0.29, 0.717) is 0 Å². The van der Waals surface area contributed by atoms with Crippen molar-refractivity contribution in [2.24, 2.45) is 5.73 Å². The minimum Gasteiger partial charge on any atom is -1.00 e. The summed E-state index contributed by atoms with van der Waals surface area (Å²) >= 11 is 0. The molecule has 0 saturated carbocycles. The average molecular weight is 265 g/mol. The molecular formula is CH7B4CaN2NaO7. The van der Waals surface area contributed by atoms with Gasteiger partial charge in [-0.05, 0) is 0 Å². The van der Waals surface area contributed by atoms with Crippen LogP contribution in [0.3, 0.4) is 0 Å². The Morgan fingerprint density at radius 1 is 1.00 bits per heavy atom. The van der Waals surface area contributed by atoms with Crippen molar-refractivity contribution in [3.8, 4) is 6.19 Å². The number of fused-ring (bicyclic) bond motifs is 2. The number of nitrogens with two attached hydrogens (primary N) is 1. The number of hydrogen-bond donors (Lipinski definition) is 3. The maximum absolute atomic E-state index is 8.74. The van der Waals surface area contributed by atoms with Crippen LogP contribution in [-0.4, -0.2) is 77.1 Å². The third kappa shape index (κ3) is 7.07. The zero-order valence-electron chi connectivity index (χ0n) is 11.5. The first kappa shape index (κ1) is 19.9. The third-order valence-corrected chi connectivity index (χ3v) is 1.13. The largest absolute Gasteiger partial charge is 2.00 e. The topological polar surface area (TPSA) is 136 Å². The van der Waals surface area contributed by atoms with Gasteiger partial charge in [0.2, 0.25) is 0 Å². The molecule has 2 saturated heterocycles. The van der Waals surface area contributed by atoms with Crippen molar-refractivity contribution in [2.45, 2.75) is 0 Å². The molecule has 78 valence electrons. The SMILES string of the molecule is N#CN.OB1OB2OB(O)OB(O1)O2.[Ca+2].[H-].[H-].[H-].[Na+]. The first-order valence-corrected chi connectivity index (χ1v) is 3.39. The van der Waals surface area contributed by atoms with Gasteiger partial charge < -0.3 is 42.9 Å². The standard InChI is InChI=1S/CH2N2.B4H2O7.Ca.Na.3H/c2-1-3;5-1-7-3-9-2(6)10-4(8-1)11-3;;;;;/h2H2;5-6H;;;;;/q;;+2;+1;3*-1. The Morgan fingerprint density at radius 3 is 1.50 bits per heavy atom. The van der Waals surface area contributed by atoms with Crippen molar-refractivity contribution < 1.29 is 66.7 Å². The summed E-state index contributed by atoms with van der Waals surface area (Å²) in [5.41, 5.74) is 4.15. The maximum Gasteiger partial charge on any atom is 2.00 e. The van der Waals surface area contributed by atoms with E-state index in [2.05, 4.69) is 28.6 Å². The summed E-state index contributed by atoms with van der Waals surface area (Å²) in [7, 11) is -5.20. The molecule has 0 aromatic carbocycles. The molecular weight excluding hydrogens is 258 g/mol. The molecule has 0 aliphatic carbocycles. The maximum atomic E-state index is 8.74. The Hall–Kier alpha value is 1.53. The van der Waals surface area contributed by atoms with E-state index >= 15 is 0 Å². The Labute approximate surface area is 149 Å². The molecule has 2 aliphatic rings. The molecule has 0 aromatic heterocycles. The van der Waals surface area contributed by atoms with Crippen LogP contribution in [0, 0.1) is 11.5 Å². The van der Waals surface area contributed by atoms with Crippen molar-refractivity contribution in [1.82, 2.24) is 0 Å². The van der Waals surface area contributed by atoms with E-state index < -0.39 is 29.3 Å². The predicted octanol–water partition coefficient (Wildman–Crippen LogP) is -6.59. The summed E-state index contributed by atoms with van der Waals surface area (Å²) in [6.45, 7) is 0. The predicted molar refractivity (Wildman–Crippen MR) is 51.8 cm³/mol. The second-order valence-corrected chi connectivity index (χ2v) is 2.00. The summed E-state index contributed by atoms with van der Waals surface area (Å²) in [6.07, 6.45) is 1.25. The van der Waals surface area contributed by atoms with Crippen LogP contribution in [0.5, 0.6) is 0 Å². The molecule has 2 rings (SSSR count). The molecule has 9 nitrogen and oxygen atoms in total. The molecule has 2 aliphatic heterocycles. The van der Waals surface area contributed by atoms with E-state index in [1.54, 1.807) is 0 Å². The van der Waals surface area contributed by atoms with E-state index in [0.717, 1.165) is 0 Å². The fourth-order valence-corrected chi connectivity index (χ4v) is 0.728. The van der Waals surface area contributed by atoms with Gasteiger partial charge in [0.15, 0.2) is 6.19 Å². The summed E-state index contributed by atoms with van der Waals surface area (Å²) in [5.74, 6) is 0. The number of hydrogen-bond acceptors (Lipinski definition) is 9. The van der Waals surface area contributed by atoms with Gasteiger partial charge in [-0.2, -0.15) is 5.26 Å². The molecule has 0 atom stereocenters. The van der Waals surface area contributed by atoms with Crippen molar-refractivity contribution in [3.63, 3.8) is 0 Å². The van der Waals surface area contributed by atoms with Gasteiger partial charge in [-0.1, -0.05) is 0 Å². The van der Waals surface area contributed by atoms with Gasteiger partial charge in [-0.15, -0.1) is 0 Å². The molecule has 2 fully saturated rings. The van der Waals surface area contributed by atoms with Crippen LogP contribution < -0.4 is 35.3 Å². The normalized spacial score (nSPS) is 17.3. The van der Waals surface area contributed by atoms with E-state index in [-0.39, 0.29) is 71.6 Å². The number of nitrogens with zero attached hydrogens (tertiary/aromatic N) is 1. The molecule has 16 heavy (non-hydrogen) atoms. The van der Waals surface area contributed by atoms with Gasteiger partial charge in [-0.25, -0.2) is 0 Å². The van der Waals surface area contributed by atoms with Crippen LogP contribution in [0.15, 0.2) is 0 Å². The molecule has 2 bridgehead atoms. The van der Waals surface area contributed by atoms with Crippen LogP contribution in [0.1, 0.15) is 4.28 Å². The van der Waals surface area contributed by atoms with Crippen molar-refractivity contribution in [2.75, 3.05) is 0 Å². The first-order chi connectivity index (χ1) is 6.65. The smallest absolute Gasteiger partial charge is 1.00 e. The molecule has 0 amide bonds. The van der Waals surface area contributed by atoms with Crippen LogP contribution in [0.2, 0.25) is 0 Å². The Balaban J connectivity index is -0.0000000758. The Morgan fingerprint density at radius 2 is 1.25 bits per heavy atom. The number of rotatable bonds is 0. The Bertz CT molecular complexity index is 211. The monoisotopic (exact) mass is 266 g/mol. The van der Waals surface area contributed by atoms with Crippen LogP contribution in [-0.2, 0) is 22.9 Å². The second-order valence-electron chi connectivity index (χ2n) is 2.00. The molecule has 0 radical (unpaired) electrons. The fraction of sp³-hybridized carbons (Fsp3) is 0. The van der Waals surface area contributed by atoms with Crippen molar-refractivity contribution in [1.29, 1.82) is 5.26 Å². The van der Waals surface area contributed by atoms with Crippen molar-refractivity contribution >= 4 is 67.0 Å². The average Bonchev–Trinajstić information content (AvgIpc) is 2.01. The van der Waals surface area contributed by atoms with E-state index in [9.17, 15) is 0 Å². The van der Waals surface area contributed by atoms with E-state index in [1.165, 1.54) is 6.19 Å². The first-order valence-electron chi connectivity index (χ1n) is 3.39. The van der Waals surface area contributed by atoms with E-state index in [4.69, 9.17) is 15.3 Å². The summed E-state index contributed by atoms with van der Waals surface area (Å²) in [4.78, 5) is 0. The van der Waals surface area contributed by atoms with E-state index in [1.807, 2.05) is 0 Å². The minimum absolute atomic E-state index is 0. The fourth-order valence-electron chi connectivity index (χ4n) is 0.728.